The van der Waals surface area contributed by atoms with Crippen LogP contribution < -0.4 is 10.6 Å². The molecule has 0 saturated heterocycles. The first kappa shape index (κ1) is 16.8. The average molecular weight is 284 g/mol. The molecule has 0 aliphatic heterocycles. The number of carbonyl (C=O) groups is 2. The summed E-state index contributed by atoms with van der Waals surface area (Å²) in [5.41, 5.74) is 0.356. The lowest BCUT2D eigenvalue weighted by Crippen LogP contribution is -2.52. The van der Waals surface area contributed by atoms with Crippen molar-refractivity contribution in [2.24, 2.45) is 11.3 Å². The molecule has 0 spiro atoms. The second kappa shape index (κ2) is 6.95. The van der Waals surface area contributed by atoms with E-state index in [0.29, 0.717) is 5.41 Å². The van der Waals surface area contributed by atoms with Crippen LogP contribution in [0.5, 0.6) is 0 Å². The fraction of sp³-hybridized carbons (Fsp3) is 0.867. The summed E-state index contributed by atoms with van der Waals surface area (Å²) in [5.74, 6) is -1.05. The number of rotatable bonds is 5. The average Bonchev–Trinajstić information content (AvgIpc) is 2.37. The van der Waals surface area contributed by atoms with E-state index in [1.165, 1.54) is 0 Å². The Bertz CT molecular complexity index is 345. The van der Waals surface area contributed by atoms with Gasteiger partial charge in [-0.3, -0.25) is 0 Å². The summed E-state index contributed by atoms with van der Waals surface area (Å²) >= 11 is 0. The van der Waals surface area contributed by atoms with Gasteiger partial charge >= 0.3 is 12.0 Å². The van der Waals surface area contributed by atoms with Gasteiger partial charge in [-0.2, -0.15) is 0 Å². The number of carbonyl (C=O) groups excluding carboxylic acids is 1. The lowest BCUT2D eigenvalue weighted by molar-refractivity contribution is -0.140. The zero-order valence-electron chi connectivity index (χ0n) is 13.0. The van der Waals surface area contributed by atoms with E-state index in [-0.39, 0.29) is 18.0 Å². The Labute approximate surface area is 121 Å². The maximum absolute atomic E-state index is 11.9. The van der Waals surface area contributed by atoms with Crippen LogP contribution in [0.25, 0.3) is 0 Å². The van der Waals surface area contributed by atoms with Crippen molar-refractivity contribution in [3.05, 3.63) is 0 Å². The SMILES string of the molecule is CCC(C)C(NC(=O)NC1CCC(C)(C)CC1)C(=O)O. The maximum atomic E-state index is 11.9. The summed E-state index contributed by atoms with van der Waals surface area (Å²) in [6.07, 6.45) is 4.81. The summed E-state index contributed by atoms with van der Waals surface area (Å²) < 4.78 is 0. The van der Waals surface area contributed by atoms with Crippen LogP contribution in [0.3, 0.4) is 0 Å². The van der Waals surface area contributed by atoms with Gasteiger partial charge in [0.2, 0.25) is 0 Å². The maximum Gasteiger partial charge on any atom is 0.326 e. The number of urea groups is 1. The van der Waals surface area contributed by atoms with E-state index in [1.54, 1.807) is 0 Å². The predicted molar refractivity (Wildman–Crippen MR) is 78.6 cm³/mol. The molecule has 0 aromatic carbocycles. The first-order valence-electron chi connectivity index (χ1n) is 7.55. The molecule has 0 aromatic heterocycles. The topological polar surface area (TPSA) is 78.4 Å². The van der Waals surface area contributed by atoms with Crippen molar-refractivity contribution in [2.45, 2.75) is 71.9 Å². The molecular formula is C15H28N2O3. The minimum atomic E-state index is -0.973. The number of hydrogen-bond donors (Lipinski definition) is 3. The van der Waals surface area contributed by atoms with E-state index in [2.05, 4.69) is 24.5 Å². The van der Waals surface area contributed by atoms with Crippen LogP contribution in [0.1, 0.15) is 59.8 Å². The van der Waals surface area contributed by atoms with Crippen molar-refractivity contribution >= 4 is 12.0 Å². The largest absolute Gasteiger partial charge is 0.480 e. The molecule has 1 saturated carbocycles. The number of carboxylic acids is 1. The molecule has 2 unspecified atom stereocenters. The van der Waals surface area contributed by atoms with Crippen molar-refractivity contribution in [3.63, 3.8) is 0 Å². The van der Waals surface area contributed by atoms with Gasteiger partial charge in [-0.05, 0) is 37.0 Å². The highest BCUT2D eigenvalue weighted by molar-refractivity contribution is 5.82. The van der Waals surface area contributed by atoms with Crippen molar-refractivity contribution < 1.29 is 14.7 Å². The van der Waals surface area contributed by atoms with Crippen molar-refractivity contribution in [1.29, 1.82) is 0 Å². The van der Waals surface area contributed by atoms with E-state index in [4.69, 9.17) is 5.11 Å². The van der Waals surface area contributed by atoms with Crippen LogP contribution >= 0.6 is 0 Å². The quantitative estimate of drug-likeness (QED) is 0.726. The molecular weight excluding hydrogens is 256 g/mol. The first-order chi connectivity index (χ1) is 9.25. The fourth-order valence-electron chi connectivity index (χ4n) is 2.60. The molecule has 2 amide bonds. The van der Waals surface area contributed by atoms with Gasteiger partial charge in [0.05, 0.1) is 0 Å². The molecule has 0 heterocycles. The Morgan fingerprint density at radius 3 is 2.30 bits per heavy atom. The standard InChI is InChI=1S/C15H28N2O3/c1-5-10(2)12(13(18)19)17-14(20)16-11-6-8-15(3,4)9-7-11/h10-12H,5-9H2,1-4H3,(H,18,19)(H2,16,17,20). The second-order valence-electron chi connectivity index (χ2n) is 6.76. The number of hydrogen-bond acceptors (Lipinski definition) is 2. The summed E-state index contributed by atoms with van der Waals surface area (Å²) in [7, 11) is 0. The molecule has 2 atom stereocenters. The highest BCUT2D eigenvalue weighted by atomic mass is 16.4. The lowest BCUT2D eigenvalue weighted by atomic mass is 9.76. The molecule has 1 rings (SSSR count). The second-order valence-corrected chi connectivity index (χ2v) is 6.76. The number of amides is 2. The third kappa shape index (κ3) is 5.02. The molecule has 3 N–H and O–H groups in total. The molecule has 116 valence electrons. The Morgan fingerprint density at radius 2 is 1.85 bits per heavy atom. The summed E-state index contributed by atoms with van der Waals surface area (Å²) in [4.78, 5) is 23.1. The molecule has 0 bridgehead atoms. The van der Waals surface area contributed by atoms with E-state index < -0.39 is 12.0 Å². The molecule has 1 aliphatic carbocycles. The molecule has 0 aromatic rings. The van der Waals surface area contributed by atoms with Gasteiger partial charge in [-0.25, -0.2) is 9.59 Å². The minimum Gasteiger partial charge on any atom is -0.480 e. The van der Waals surface area contributed by atoms with Crippen molar-refractivity contribution in [2.75, 3.05) is 0 Å². The van der Waals surface area contributed by atoms with Crippen molar-refractivity contribution in [1.82, 2.24) is 10.6 Å². The molecule has 5 heteroatoms. The molecule has 0 radical (unpaired) electrons. The van der Waals surface area contributed by atoms with Crippen LogP contribution in [0.4, 0.5) is 4.79 Å². The Hall–Kier alpha value is -1.26. The van der Waals surface area contributed by atoms with Crippen LogP contribution in [-0.2, 0) is 4.79 Å². The van der Waals surface area contributed by atoms with Gasteiger partial charge in [0, 0.05) is 6.04 Å². The van der Waals surface area contributed by atoms with Crippen LogP contribution in [0, 0.1) is 11.3 Å². The summed E-state index contributed by atoms with van der Waals surface area (Å²) in [6.45, 7) is 8.24. The zero-order chi connectivity index (χ0) is 15.3. The Morgan fingerprint density at radius 1 is 1.30 bits per heavy atom. The minimum absolute atomic E-state index is 0.0801. The smallest absolute Gasteiger partial charge is 0.326 e. The molecule has 20 heavy (non-hydrogen) atoms. The number of nitrogens with one attached hydrogen (secondary N) is 2. The molecule has 5 nitrogen and oxygen atoms in total. The molecule has 1 fully saturated rings. The lowest BCUT2D eigenvalue weighted by Gasteiger charge is -2.34. The highest BCUT2D eigenvalue weighted by Crippen LogP contribution is 2.34. The third-order valence-electron chi connectivity index (χ3n) is 4.44. The van der Waals surface area contributed by atoms with Gasteiger partial charge in [0.15, 0.2) is 0 Å². The normalized spacial score (nSPS) is 21.8. The highest BCUT2D eigenvalue weighted by Gasteiger charge is 2.29. The number of carboxylic acid groups (broad SMARTS) is 1. The van der Waals surface area contributed by atoms with Crippen LogP contribution in [0.2, 0.25) is 0 Å². The van der Waals surface area contributed by atoms with Gasteiger partial charge < -0.3 is 15.7 Å². The molecule has 1 aliphatic rings. The van der Waals surface area contributed by atoms with Crippen molar-refractivity contribution in [3.8, 4) is 0 Å². The Kier molecular flexibility index (Phi) is 5.84. The van der Waals surface area contributed by atoms with E-state index in [9.17, 15) is 9.59 Å². The number of aliphatic carboxylic acids is 1. The van der Waals surface area contributed by atoms with Crippen LogP contribution in [0.15, 0.2) is 0 Å². The van der Waals surface area contributed by atoms with E-state index in [1.807, 2.05) is 13.8 Å². The zero-order valence-corrected chi connectivity index (χ0v) is 13.0. The van der Waals surface area contributed by atoms with Gasteiger partial charge in [0.1, 0.15) is 6.04 Å². The van der Waals surface area contributed by atoms with E-state index >= 15 is 0 Å². The predicted octanol–water partition coefficient (Wildman–Crippen LogP) is 2.75. The summed E-state index contributed by atoms with van der Waals surface area (Å²) in [5, 5.41) is 14.6. The van der Waals surface area contributed by atoms with Gasteiger partial charge in [0.25, 0.3) is 0 Å². The van der Waals surface area contributed by atoms with Gasteiger partial charge in [-0.15, -0.1) is 0 Å². The first-order valence-corrected chi connectivity index (χ1v) is 7.55. The summed E-state index contributed by atoms with van der Waals surface area (Å²) in [6, 6.07) is -1.02. The van der Waals surface area contributed by atoms with Gasteiger partial charge in [-0.1, -0.05) is 34.1 Å². The fourth-order valence-corrected chi connectivity index (χ4v) is 2.60. The Balaban J connectivity index is 2.45. The monoisotopic (exact) mass is 284 g/mol. The van der Waals surface area contributed by atoms with E-state index in [0.717, 1.165) is 32.1 Å². The van der Waals surface area contributed by atoms with Crippen LogP contribution in [-0.4, -0.2) is 29.2 Å². The third-order valence-corrected chi connectivity index (χ3v) is 4.44.